The number of benzene rings is 1. The van der Waals surface area contributed by atoms with E-state index in [1.165, 1.54) is 17.1 Å². The highest BCUT2D eigenvalue weighted by atomic mass is 32.2. The van der Waals surface area contributed by atoms with Gasteiger partial charge in [0.2, 0.25) is 10.0 Å². The molecule has 2 heterocycles. The molecule has 7 heteroatoms. The number of piperidine rings is 2. The third-order valence-corrected chi connectivity index (χ3v) is 7.27. The lowest BCUT2D eigenvalue weighted by molar-refractivity contribution is 0.136. The largest absolute Gasteiger partial charge is 0.303 e. The van der Waals surface area contributed by atoms with Gasteiger partial charge in [-0.15, -0.1) is 0 Å². The maximum Gasteiger partial charge on any atom is 0.245 e. The van der Waals surface area contributed by atoms with Gasteiger partial charge in [-0.2, -0.15) is 4.31 Å². The summed E-state index contributed by atoms with van der Waals surface area (Å²) < 4.78 is 53.5. The van der Waals surface area contributed by atoms with E-state index in [2.05, 4.69) is 11.8 Å². The Labute approximate surface area is 148 Å². The molecule has 0 spiro atoms. The van der Waals surface area contributed by atoms with Crippen LogP contribution in [0.5, 0.6) is 0 Å². The molecule has 25 heavy (non-hydrogen) atoms. The van der Waals surface area contributed by atoms with Crippen LogP contribution in [0.4, 0.5) is 8.78 Å². The van der Waals surface area contributed by atoms with E-state index in [9.17, 15) is 17.2 Å². The first kappa shape index (κ1) is 18.7. The zero-order valence-electron chi connectivity index (χ0n) is 14.6. The second kappa shape index (κ2) is 7.68. The van der Waals surface area contributed by atoms with Gasteiger partial charge in [0.05, 0.1) is 0 Å². The number of sulfonamides is 1. The predicted octanol–water partition coefficient (Wildman–Crippen LogP) is 3.10. The second-order valence-electron chi connectivity index (χ2n) is 7.43. The minimum absolute atomic E-state index is 0.396. The maximum atomic E-state index is 13.9. The zero-order chi connectivity index (χ0) is 18.0. The van der Waals surface area contributed by atoms with Crippen molar-refractivity contribution in [2.45, 2.75) is 37.5 Å². The molecule has 0 bridgehead atoms. The van der Waals surface area contributed by atoms with Crippen molar-refractivity contribution in [2.24, 2.45) is 11.8 Å². The number of hydrogen-bond acceptors (Lipinski definition) is 3. The van der Waals surface area contributed by atoms with E-state index in [1.54, 1.807) is 0 Å². The molecule has 0 aromatic heterocycles. The summed E-state index contributed by atoms with van der Waals surface area (Å²) in [5, 5.41) is 0. The van der Waals surface area contributed by atoms with E-state index in [0.29, 0.717) is 25.1 Å². The summed E-state index contributed by atoms with van der Waals surface area (Å²) in [6, 6.07) is 2.62. The van der Waals surface area contributed by atoms with Crippen LogP contribution in [0.15, 0.2) is 23.1 Å². The third-order valence-electron chi connectivity index (χ3n) is 5.34. The van der Waals surface area contributed by atoms with Crippen molar-refractivity contribution in [1.82, 2.24) is 9.21 Å². The first-order chi connectivity index (χ1) is 11.9. The van der Waals surface area contributed by atoms with Crippen LogP contribution >= 0.6 is 0 Å². The van der Waals surface area contributed by atoms with Gasteiger partial charge in [-0.3, -0.25) is 0 Å². The Morgan fingerprint density at radius 2 is 1.84 bits per heavy atom. The summed E-state index contributed by atoms with van der Waals surface area (Å²) in [4.78, 5) is 2.06. The summed E-state index contributed by atoms with van der Waals surface area (Å²) in [6.07, 6.45) is 4.09. The van der Waals surface area contributed by atoms with Crippen LogP contribution in [0.2, 0.25) is 0 Å². The molecule has 4 nitrogen and oxygen atoms in total. The van der Waals surface area contributed by atoms with Crippen LogP contribution in [0, 0.1) is 23.5 Å². The molecular weight excluding hydrogens is 346 g/mol. The Morgan fingerprint density at radius 1 is 1.12 bits per heavy atom. The predicted molar refractivity (Wildman–Crippen MR) is 92.7 cm³/mol. The van der Waals surface area contributed by atoms with Crippen LogP contribution in [-0.2, 0) is 10.0 Å². The Bertz CT molecular complexity index is 703. The molecular formula is C18H26F2N2O2S. The van der Waals surface area contributed by atoms with E-state index < -0.39 is 26.6 Å². The highest BCUT2D eigenvalue weighted by molar-refractivity contribution is 7.89. The van der Waals surface area contributed by atoms with Crippen molar-refractivity contribution in [3.05, 3.63) is 29.8 Å². The van der Waals surface area contributed by atoms with Crippen LogP contribution < -0.4 is 0 Å². The molecule has 1 aromatic rings. The first-order valence-electron chi connectivity index (χ1n) is 9.04. The van der Waals surface area contributed by atoms with E-state index in [0.717, 1.165) is 50.5 Å². The Morgan fingerprint density at radius 3 is 2.48 bits per heavy atom. The molecule has 0 amide bonds. The molecule has 2 saturated heterocycles. The number of hydrogen-bond donors (Lipinski definition) is 0. The summed E-state index contributed by atoms with van der Waals surface area (Å²) in [5.41, 5.74) is 0. The molecule has 0 unspecified atom stereocenters. The quantitative estimate of drug-likeness (QED) is 0.815. The van der Waals surface area contributed by atoms with Gasteiger partial charge in [-0.25, -0.2) is 17.2 Å². The first-order valence-corrected chi connectivity index (χ1v) is 10.5. The van der Waals surface area contributed by atoms with Crippen molar-refractivity contribution >= 4 is 10.0 Å². The lowest BCUT2D eigenvalue weighted by Crippen LogP contribution is -2.43. The van der Waals surface area contributed by atoms with Crippen LogP contribution in [0.3, 0.4) is 0 Å². The fourth-order valence-corrected chi connectivity index (χ4v) is 5.49. The Kier molecular flexibility index (Phi) is 5.75. The van der Waals surface area contributed by atoms with Gasteiger partial charge < -0.3 is 4.90 Å². The van der Waals surface area contributed by atoms with Crippen LogP contribution in [0.25, 0.3) is 0 Å². The van der Waals surface area contributed by atoms with E-state index in [1.807, 2.05) is 0 Å². The fourth-order valence-electron chi connectivity index (χ4n) is 3.97. The molecule has 1 atom stereocenters. The lowest BCUT2D eigenvalue weighted by atomic mass is 9.94. The maximum absolute atomic E-state index is 13.9. The summed E-state index contributed by atoms with van der Waals surface area (Å²) in [7, 11) is -3.90. The van der Waals surface area contributed by atoms with Gasteiger partial charge >= 0.3 is 0 Å². The molecule has 0 radical (unpaired) electrons. The molecule has 0 aliphatic carbocycles. The molecule has 0 saturated carbocycles. The minimum atomic E-state index is -3.90. The number of halogens is 2. The van der Waals surface area contributed by atoms with Gasteiger partial charge in [-0.1, -0.05) is 6.92 Å². The second-order valence-corrected chi connectivity index (χ2v) is 9.34. The van der Waals surface area contributed by atoms with Crippen LogP contribution in [-0.4, -0.2) is 50.3 Å². The topological polar surface area (TPSA) is 40.6 Å². The summed E-state index contributed by atoms with van der Waals surface area (Å²) in [6.45, 7) is 6.34. The van der Waals surface area contributed by atoms with Gasteiger partial charge in [0.15, 0.2) is 0 Å². The normalized spacial score (nSPS) is 24.5. The molecule has 0 N–H and O–H groups in total. The molecule has 2 aliphatic heterocycles. The monoisotopic (exact) mass is 372 g/mol. The zero-order valence-corrected chi connectivity index (χ0v) is 15.4. The Hall–Kier alpha value is -1.05. The van der Waals surface area contributed by atoms with Crippen molar-refractivity contribution in [2.75, 3.05) is 32.7 Å². The summed E-state index contributed by atoms with van der Waals surface area (Å²) >= 11 is 0. The lowest BCUT2D eigenvalue weighted by Gasteiger charge is -2.37. The average Bonchev–Trinajstić information content (AvgIpc) is 2.55. The van der Waals surface area contributed by atoms with Gasteiger partial charge in [-0.05, 0) is 56.2 Å². The van der Waals surface area contributed by atoms with Gasteiger partial charge in [0.25, 0.3) is 0 Å². The molecule has 2 fully saturated rings. The van der Waals surface area contributed by atoms with Crippen molar-refractivity contribution in [3.8, 4) is 0 Å². The molecule has 3 rings (SSSR count). The van der Waals surface area contributed by atoms with Crippen LogP contribution in [0.1, 0.15) is 32.6 Å². The average molecular weight is 372 g/mol. The van der Waals surface area contributed by atoms with E-state index >= 15 is 0 Å². The number of likely N-dealkylation sites (tertiary alicyclic amines) is 1. The highest BCUT2D eigenvalue weighted by Crippen LogP contribution is 2.27. The van der Waals surface area contributed by atoms with Crippen molar-refractivity contribution in [1.29, 1.82) is 0 Å². The molecule has 1 aromatic carbocycles. The number of nitrogens with zero attached hydrogens (tertiary/aromatic N) is 2. The van der Waals surface area contributed by atoms with Gasteiger partial charge in [0.1, 0.15) is 16.5 Å². The van der Waals surface area contributed by atoms with Gasteiger partial charge in [0, 0.05) is 32.2 Å². The smallest absolute Gasteiger partial charge is 0.245 e. The number of rotatable bonds is 4. The standard InChI is InChI=1S/C18H26F2N2O2S/c1-14-3-2-8-21(12-14)13-15-6-9-22(10-7-15)25(23,24)18-5-4-16(19)11-17(18)20/h4-5,11,14-15H,2-3,6-10,12-13H2,1H3/t14-/m0/s1. The molecule has 140 valence electrons. The minimum Gasteiger partial charge on any atom is -0.303 e. The summed E-state index contributed by atoms with van der Waals surface area (Å²) in [5.74, 6) is -0.583. The Balaban J connectivity index is 1.59. The fraction of sp³-hybridized carbons (Fsp3) is 0.667. The van der Waals surface area contributed by atoms with E-state index in [4.69, 9.17) is 0 Å². The highest BCUT2D eigenvalue weighted by Gasteiger charge is 2.32. The SMILES string of the molecule is C[C@H]1CCCN(CC2CCN(S(=O)(=O)c3ccc(F)cc3F)CC2)C1. The van der Waals surface area contributed by atoms with Crippen molar-refractivity contribution < 1.29 is 17.2 Å². The third kappa shape index (κ3) is 4.38. The van der Waals surface area contributed by atoms with E-state index in [-0.39, 0.29) is 0 Å². The van der Waals surface area contributed by atoms with Crippen molar-refractivity contribution in [3.63, 3.8) is 0 Å². The molecule has 2 aliphatic rings.